The molecular formula is C16H19F2N3O4. The summed E-state index contributed by atoms with van der Waals surface area (Å²) >= 11 is 0. The number of hydrogen-bond acceptors (Lipinski definition) is 4. The van der Waals surface area contributed by atoms with Crippen LogP contribution in [0, 0.1) is 11.6 Å². The van der Waals surface area contributed by atoms with E-state index in [-0.39, 0.29) is 37.7 Å². The van der Waals surface area contributed by atoms with Crippen molar-refractivity contribution in [3.63, 3.8) is 0 Å². The number of ether oxygens (including phenoxy) is 1. The Balaban J connectivity index is 1.84. The van der Waals surface area contributed by atoms with Crippen molar-refractivity contribution in [1.29, 1.82) is 0 Å². The van der Waals surface area contributed by atoms with Gasteiger partial charge in [0.05, 0.1) is 6.61 Å². The summed E-state index contributed by atoms with van der Waals surface area (Å²) in [6, 6.07) is 2.99. The van der Waals surface area contributed by atoms with E-state index in [0.29, 0.717) is 13.1 Å². The van der Waals surface area contributed by atoms with Crippen LogP contribution < -0.4 is 5.32 Å². The van der Waals surface area contributed by atoms with Crippen molar-refractivity contribution in [2.75, 3.05) is 39.3 Å². The van der Waals surface area contributed by atoms with Gasteiger partial charge in [-0.3, -0.25) is 9.59 Å². The molecular weight excluding hydrogens is 336 g/mol. The minimum Gasteiger partial charge on any atom is -0.450 e. The van der Waals surface area contributed by atoms with Gasteiger partial charge in [-0.05, 0) is 25.1 Å². The molecule has 1 aliphatic rings. The number of halogens is 2. The lowest BCUT2D eigenvalue weighted by Gasteiger charge is -2.34. The van der Waals surface area contributed by atoms with E-state index in [4.69, 9.17) is 0 Å². The van der Waals surface area contributed by atoms with E-state index in [0.717, 1.165) is 12.1 Å². The molecule has 1 saturated heterocycles. The Hall–Kier alpha value is -2.71. The number of hydrogen-bond donors (Lipinski definition) is 1. The first-order chi connectivity index (χ1) is 11.9. The van der Waals surface area contributed by atoms with E-state index in [1.54, 1.807) is 6.92 Å². The third kappa shape index (κ3) is 4.88. The maximum Gasteiger partial charge on any atom is 0.407 e. The van der Waals surface area contributed by atoms with Crippen LogP contribution in [0.1, 0.15) is 17.3 Å². The highest BCUT2D eigenvalue weighted by atomic mass is 19.2. The van der Waals surface area contributed by atoms with Crippen molar-refractivity contribution in [3.05, 3.63) is 35.4 Å². The number of benzene rings is 1. The molecule has 0 radical (unpaired) electrons. The first-order valence-electron chi connectivity index (χ1n) is 7.85. The number of rotatable bonds is 4. The van der Waals surface area contributed by atoms with Gasteiger partial charge in [-0.2, -0.15) is 0 Å². The predicted octanol–water partition coefficient (Wildman–Crippen LogP) is 0.995. The van der Waals surface area contributed by atoms with Crippen molar-refractivity contribution >= 4 is 17.9 Å². The Morgan fingerprint density at radius 1 is 1.08 bits per heavy atom. The van der Waals surface area contributed by atoms with Gasteiger partial charge in [-0.25, -0.2) is 13.6 Å². The predicted molar refractivity (Wildman–Crippen MR) is 83.9 cm³/mol. The van der Waals surface area contributed by atoms with Gasteiger partial charge in [0.15, 0.2) is 11.6 Å². The van der Waals surface area contributed by atoms with Crippen LogP contribution in [-0.2, 0) is 9.53 Å². The van der Waals surface area contributed by atoms with E-state index in [1.165, 1.54) is 15.9 Å². The Labute approximate surface area is 143 Å². The second kappa shape index (κ2) is 8.41. The zero-order chi connectivity index (χ0) is 18.4. The second-order valence-corrected chi connectivity index (χ2v) is 5.38. The Kier molecular flexibility index (Phi) is 6.26. The maximum atomic E-state index is 13.2. The number of carbonyl (C=O) groups is 3. The molecule has 9 heteroatoms. The Morgan fingerprint density at radius 3 is 2.32 bits per heavy atom. The highest BCUT2D eigenvalue weighted by Gasteiger charge is 2.25. The van der Waals surface area contributed by atoms with Gasteiger partial charge in [0, 0.05) is 31.7 Å². The summed E-state index contributed by atoms with van der Waals surface area (Å²) in [5, 5.41) is 2.34. The van der Waals surface area contributed by atoms with Crippen LogP contribution in [0.25, 0.3) is 0 Å². The molecule has 1 fully saturated rings. The molecule has 3 amide bonds. The summed E-state index contributed by atoms with van der Waals surface area (Å²) in [6.45, 7) is 2.80. The number of amides is 3. The van der Waals surface area contributed by atoms with Crippen LogP contribution in [-0.4, -0.2) is 67.0 Å². The lowest BCUT2D eigenvalue weighted by Crippen LogP contribution is -2.52. The van der Waals surface area contributed by atoms with Crippen molar-refractivity contribution < 1.29 is 27.9 Å². The van der Waals surface area contributed by atoms with E-state index in [2.05, 4.69) is 10.1 Å². The highest BCUT2D eigenvalue weighted by Crippen LogP contribution is 2.13. The zero-order valence-corrected chi connectivity index (χ0v) is 13.8. The van der Waals surface area contributed by atoms with Crippen LogP contribution in [0.5, 0.6) is 0 Å². The van der Waals surface area contributed by atoms with Gasteiger partial charge in [0.25, 0.3) is 5.91 Å². The molecule has 1 aromatic carbocycles. The first-order valence-corrected chi connectivity index (χ1v) is 7.85. The van der Waals surface area contributed by atoms with Gasteiger partial charge < -0.3 is 19.9 Å². The molecule has 0 aliphatic carbocycles. The standard InChI is InChI=1S/C16H19F2N3O4/c1-2-25-16(24)19-10-14(22)20-5-7-21(8-6-20)15(23)11-3-4-12(17)13(18)9-11/h3-4,9H,2,5-8,10H2,1H3,(H,19,24). The lowest BCUT2D eigenvalue weighted by atomic mass is 10.1. The minimum atomic E-state index is -1.08. The zero-order valence-electron chi connectivity index (χ0n) is 13.8. The lowest BCUT2D eigenvalue weighted by molar-refractivity contribution is -0.131. The van der Waals surface area contributed by atoms with E-state index in [9.17, 15) is 23.2 Å². The number of carbonyl (C=O) groups excluding carboxylic acids is 3. The quantitative estimate of drug-likeness (QED) is 0.874. The van der Waals surface area contributed by atoms with Crippen LogP contribution >= 0.6 is 0 Å². The summed E-state index contributed by atoms with van der Waals surface area (Å²) < 4.78 is 30.8. The molecule has 0 unspecified atom stereocenters. The number of piperazine rings is 1. The van der Waals surface area contributed by atoms with Crippen LogP contribution in [0.4, 0.5) is 13.6 Å². The largest absolute Gasteiger partial charge is 0.450 e. The fourth-order valence-electron chi connectivity index (χ4n) is 2.41. The molecule has 136 valence electrons. The van der Waals surface area contributed by atoms with Crippen molar-refractivity contribution in [3.8, 4) is 0 Å². The number of nitrogens with one attached hydrogen (secondary N) is 1. The molecule has 2 rings (SSSR count). The average Bonchev–Trinajstić information content (AvgIpc) is 2.62. The van der Waals surface area contributed by atoms with E-state index < -0.39 is 23.6 Å². The minimum absolute atomic E-state index is 0.0580. The average molecular weight is 355 g/mol. The van der Waals surface area contributed by atoms with Crippen LogP contribution in [0.2, 0.25) is 0 Å². The first kappa shape index (κ1) is 18.6. The van der Waals surface area contributed by atoms with Gasteiger partial charge in [0.2, 0.25) is 5.91 Å². The third-order valence-electron chi connectivity index (χ3n) is 3.75. The third-order valence-corrected chi connectivity index (χ3v) is 3.75. The summed E-state index contributed by atoms with van der Waals surface area (Å²) in [4.78, 5) is 38.4. The molecule has 1 aliphatic heterocycles. The fraction of sp³-hybridized carbons (Fsp3) is 0.438. The summed E-state index contributed by atoms with van der Waals surface area (Å²) in [5.74, 6) is -2.80. The molecule has 0 aromatic heterocycles. The van der Waals surface area contributed by atoms with Crippen LogP contribution in [0.15, 0.2) is 18.2 Å². The molecule has 0 saturated carbocycles. The Morgan fingerprint density at radius 2 is 1.72 bits per heavy atom. The monoisotopic (exact) mass is 355 g/mol. The molecule has 1 N–H and O–H groups in total. The van der Waals surface area contributed by atoms with Gasteiger partial charge >= 0.3 is 6.09 Å². The molecule has 7 nitrogen and oxygen atoms in total. The van der Waals surface area contributed by atoms with Crippen LogP contribution in [0.3, 0.4) is 0 Å². The molecule has 0 spiro atoms. The van der Waals surface area contributed by atoms with Gasteiger partial charge in [0.1, 0.15) is 6.54 Å². The van der Waals surface area contributed by atoms with Crippen molar-refractivity contribution in [2.24, 2.45) is 0 Å². The van der Waals surface area contributed by atoms with E-state index >= 15 is 0 Å². The topological polar surface area (TPSA) is 79.0 Å². The fourth-order valence-corrected chi connectivity index (χ4v) is 2.41. The van der Waals surface area contributed by atoms with E-state index in [1.807, 2.05) is 0 Å². The number of nitrogens with zero attached hydrogens (tertiary/aromatic N) is 2. The normalized spacial score (nSPS) is 14.2. The SMILES string of the molecule is CCOC(=O)NCC(=O)N1CCN(C(=O)c2ccc(F)c(F)c2)CC1. The van der Waals surface area contributed by atoms with Gasteiger partial charge in [-0.15, -0.1) is 0 Å². The highest BCUT2D eigenvalue weighted by molar-refractivity contribution is 5.94. The molecule has 1 heterocycles. The maximum absolute atomic E-state index is 13.2. The molecule has 0 atom stereocenters. The van der Waals surface area contributed by atoms with Crippen molar-refractivity contribution in [2.45, 2.75) is 6.92 Å². The summed E-state index contributed by atoms with van der Waals surface area (Å²) in [5.41, 5.74) is 0.0580. The molecule has 0 bridgehead atoms. The van der Waals surface area contributed by atoms with Crippen molar-refractivity contribution in [1.82, 2.24) is 15.1 Å². The summed E-state index contributed by atoms with van der Waals surface area (Å²) in [7, 11) is 0. The van der Waals surface area contributed by atoms with Gasteiger partial charge in [-0.1, -0.05) is 0 Å². The Bertz CT molecular complexity index is 661. The smallest absolute Gasteiger partial charge is 0.407 e. The summed E-state index contributed by atoms with van der Waals surface area (Å²) in [6.07, 6.45) is -0.664. The number of alkyl carbamates (subject to hydrolysis) is 1. The second-order valence-electron chi connectivity index (χ2n) is 5.38. The molecule has 25 heavy (non-hydrogen) atoms. The molecule has 1 aromatic rings.